The third kappa shape index (κ3) is 5.82. The highest BCUT2D eigenvalue weighted by molar-refractivity contribution is 5.94. The van der Waals surface area contributed by atoms with Gasteiger partial charge in [-0.25, -0.2) is 0 Å². The maximum Gasteiger partial charge on any atom is 0.405 e. The molecule has 0 unspecified atom stereocenters. The summed E-state index contributed by atoms with van der Waals surface area (Å²) in [5.74, 6) is -1.76. The van der Waals surface area contributed by atoms with E-state index in [1.165, 1.54) is 6.07 Å². The molecule has 0 spiro atoms. The first kappa shape index (κ1) is 17.0. The zero-order valence-electron chi connectivity index (χ0n) is 11.0. The highest BCUT2D eigenvalue weighted by atomic mass is 19.4. The number of aliphatic hydroxyl groups excluding tert-OH is 1. The number of alkyl halides is 3. The van der Waals surface area contributed by atoms with Gasteiger partial charge in [0.2, 0.25) is 11.8 Å². The van der Waals surface area contributed by atoms with Gasteiger partial charge in [-0.2, -0.15) is 13.2 Å². The number of hydrogen-bond acceptors (Lipinski definition) is 3. The molecule has 0 aliphatic carbocycles. The minimum Gasteiger partial charge on any atom is -0.383 e. The van der Waals surface area contributed by atoms with E-state index >= 15 is 0 Å². The summed E-state index contributed by atoms with van der Waals surface area (Å²) in [6, 6.07) is 6.35. The van der Waals surface area contributed by atoms with Crippen LogP contribution < -0.4 is 11.1 Å². The van der Waals surface area contributed by atoms with E-state index < -0.39 is 30.6 Å². The van der Waals surface area contributed by atoms with Gasteiger partial charge in [0.1, 0.15) is 12.6 Å². The van der Waals surface area contributed by atoms with Crippen LogP contribution in [0.3, 0.4) is 0 Å². The summed E-state index contributed by atoms with van der Waals surface area (Å²) in [5.41, 5.74) is 5.94. The van der Waals surface area contributed by atoms with E-state index in [0.29, 0.717) is 5.56 Å². The molecular weight excluding hydrogens is 289 g/mol. The highest BCUT2D eigenvalue weighted by Gasteiger charge is 2.29. The summed E-state index contributed by atoms with van der Waals surface area (Å²) in [5, 5.41) is 11.1. The SMILES string of the molecule is NC(=O)c1ccccc1CC[C@H](O)C(=O)NCC(F)(F)F. The van der Waals surface area contributed by atoms with E-state index in [1.54, 1.807) is 23.5 Å². The summed E-state index contributed by atoms with van der Waals surface area (Å²) < 4.78 is 35.8. The molecule has 116 valence electrons. The molecule has 0 aromatic heterocycles. The Morgan fingerprint density at radius 2 is 1.90 bits per heavy atom. The molecule has 1 rings (SSSR count). The number of nitrogens with two attached hydrogens (primary N) is 1. The highest BCUT2D eigenvalue weighted by Crippen LogP contribution is 2.14. The maximum absolute atomic E-state index is 11.9. The molecule has 0 radical (unpaired) electrons. The number of carbonyl (C=O) groups is 2. The molecule has 8 heteroatoms. The predicted molar refractivity (Wildman–Crippen MR) is 68.4 cm³/mol. The average molecular weight is 304 g/mol. The molecule has 0 heterocycles. The summed E-state index contributed by atoms with van der Waals surface area (Å²) >= 11 is 0. The Labute approximate surface area is 118 Å². The lowest BCUT2D eigenvalue weighted by molar-refractivity contribution is -0.143. The monoisotopic (exact) mass is 304 g/mol. The minimum atomic E-state index is -4.53. The number of rotatable bonds is 6. The Morgan fingerprint density at radius 1 is 1.29 bits per heavy atom. The van der Waals surface area contributed by atoms with Crippen LogP contribution in [0.4, 0.5) is 13.2 Å². The van der Waals surface area contributed by atoms with Crippen molar-refractivity contribution in [3.8, 4) is 0 Å². The van der Waals surface area contributed by atoms with Crippen molar-refractivity contribution in [2.75, 3.05) is 6.54 Å². The van der Waals surface area contributed by atoms with Crippen LogP contribution in [0, 0.1) is 0 Å². The Kier molecular flexibility index (Phi) is 5.71. The number of benzene rings is 1. The van der Waals surface area contributed by atoms with E-state index in [-0.39, 0.29) is 18.4 Å². The second kappa shape index (κ2) is 7.07. The Hall–Kier alpha value is -2.09. The summed E-state index contributed by atoms with van der Waals surface area (Å²) in [6.45, 7) is -1.50. The number of aryl methyl sites for hydroxylation is 1. The second-order valence-electron chi connectivity index (χ2n) is 4.41. The second-order valence-corrected chi connectivity index (χ2v) is 4.41. The van der Waals surface area contributed by atoms with Gasteiger partial charge in [-0.15, -0.1) is 0 Å². The number of hydrogen-bond donors (Lipinski definition) is 3. The van der Waals surface area contributed by atoms with Crippen molar-refractivity contribution in [2.24, 2.45) is 5.73 Å². The maximum atomic E-state index is 11.9. The molecule has 2 amide bonds. The zero-order valence-corrected chi connectivity index (χ0v) is 11.0. The molecule has 0 aliphatic rings. The number of nitrogens with one attached hydrogen (secondary N) is 1. The van der Waals surface area contributed by atoms with Gasteiger partial charge in [0.25, 0.3) is 0 Å². The van der Waals surface area contributed by atoms with Crippen LogP contribution in [0.15, 0.2) is 24.3 Å². The Morgan fingerprint density at radius 3 is 2.48 bits per heavy atom. The standard InChI is InChI=1S/C13H15F3N2O3/c14-13(15,16)7-18-12(21)10(19)6-5-8-3-1-2-4-9(8)11(17)20/h1-4,10,19H,5-7H2,(H2,17,20)(H,18,21)/t10-/m0/s1. The van der Waals surface area contributed by atoms with Gasteiger partial charge >= 0.3 is 6.18 Å². The Balaban J connectivity index is 2.55. The fourth-order valence-corrected chi connectivity index (χ4v) is 1.71. The molecular formula is C13H15F3N2O3. The van der Waals surface area contributed by atoms with Crippen LogP contribution in [0.5, 0.6) is 0 Å². The zero-order chi connectivity index (χ0) is 16.0. The first-order valence-corrected chi connectivity index (χ1v) is 6.11. The van der Waals surface area contributed by atoms with E-state index in [4.69, 9.17) is 5.73 Å². The summed E-state index contributed by atoms with van der Waals surface area (Å²) in [4.78, 5) is 22.4. The minimum absolute atomic E-state index is 0.117. The van der Waals surface area contributed by atoms with E-state index in [9.17, 15) is 27.9 Å². The topological polar surface area (TPSA) is 92.4 Å². The van der Waals surface area contributed by atoms with Crippen LogP contribution in [0.1, 0.15) is 22.3 Å². The molecule has 0 fully saturated rings. The molecule has 4 N–H and O–H groups in total. The Bertz CT molecular complexity index is 518. The predicted octanol–water partition coefficient (Wildman–Crippen LogP) is 0.757. The molecule has 1 aromatic carbocycles. The van der Waals surface area contributed by atoms with Gasteiger partial charge in [0.15, 0.2) is 0 Å². The van der Waals surface area contributed by atoms with Crippen molar-refractivity contribution in [1.29, 1.82) is 0 Å². The lowest BCUT2D eigenvalue weighted by atomic mass is 10.0. The van der Waals surface area contributed by atoms with Crippen molar-refractivity contribution in [3.05, 3.63) is 35.4 Å². The average Bonchev–Trinajstić information content (AvgIpc) is 2.41. The molecule has 0 bridgehead atoms. The van der Waals surface area contributed by atoms with Gasteiger partial charge in [0, 0.05) is 5.56 Å². The molecule has 0 saturated heterocycles. The summed E-state index contributed by atoms with van der Waals surface area (Å²) in [7, 11) is 0. The molecule has 5 nitrogen and oxygen atoms in total. The smallest absolute Gasteiger partial charge is 0.383 e. The normalized spacial score (nSPS) is 12.8. The van der Waals surface area contributed by atoms with Crippen LogP contribution in [-0.2, 0) is 11.2 Å². The van der Waals surface area contributed by atoms with Gasteiger partial charge in [-0.05, 0) is 24.5 Å². The van der Waals surface area contributed by atoms with Crippen molar-refractivity contribution in [1.82, 2.24) is 5.32 Å². The van der Waals surface area contributed by atoms with Crippen LogP contribution in [0.25, 0.3) is 0 Å². The first-order valence-electron chi connectivity index (χ1n) is 6.11. The number of carbonyl (C=O) groups excluding carboxylic acids is 2. The van der Waals surface area contributed by atoms with Gasteiger partial charge < -0.3 is 16.2 Å². The van der Waals surface area contributed by atoms with E-state index in [2.05, 4.69) is 0 Å². The van der Waals surface area contributed by atoms with E-state index in [0.717, 1.165) is 0 Å². The molecule has 1 atom stereocenters. The van der Waals surface area contributed by atoms with Crippen molar-refractivity contribution in [2.45, 2.75) is 25.1 Å². The molecule has 21 heavy (non-hydrogen) atoms. The van der Waals surface area contributed by atoms with Gasteiger partial charge in [0.05, 0.1) is 0 Å². The van der Waals surface area contributed by atoms with Crippen molar-refractivity contribution >= 4 is 11.8 Å². The fraction of sp³-hybridized carbons (Fsp3) is 0.385. The summed E-state index contributed by atoms with van der Waals surface area (Å²) in [6.07, 6.45) is -6.10. The van der Waals surface area contributed by atoms with Gasteiger partial charge in [-0.1, -0.05) is 18.2 Å². The first-order chi connectivity index (χ1) is 9.70. The fourth-order valence-electron chi connectivity index (χ4n) is 1.71. The number of primary amides is 1. The molecule has 0 saturated carbocycles. The van der Waals surface area contributed by atoms with Gasteiger partial charge in [-0.3, -0.25) is 9.59 Å². The third-order valence-electron chi connectivity index (χ3n) is 2.74. The number of halogens is 3. The largest absolute Gasteiger partial charge is 0.405 e. The quantitative estimate of drug-likeness (QED) is 0.724. The lowest BCUT2D eigenvalue weighted by Crippen LogP contribution is -2.40. The molecule has 1 aromatic rings. The van der Waals surface area contributed by atoms with Crippen molar-refractivity contribution < 1.29 is 27.9 Å². The van der Waals surface area contributed by atoms with E-state index in [1.807, 2.05) is 0 Å². The number of amides is 2. The van der Waals surface area contributed by atoms with Crippen LogP contribution in [0.2, 0.25) is 0 Å². The van der Waals surface area contributed by atoms with Crippen LogP contribution >= 0.6 is 0 Å². The van der Waals surface area contributed by atoms with Crippen molar-refractivity contribution in [3.63, 3.8) is 0 Å². The number of aliphatic hydroxyl groups is 1. The molecule has 0 aliphatic heterocycles. The third-order valence-corrected chi connectivity index (χ3v) is 2.74. The van der Waals surface area contributed by atoms with Crippen LogP contribution in [-0.4, -0.2) is 35.7 Å². The lowest BCUT2D eigenvalue weighted by Gasteiger charge is -2.13.